The first-order valence-corrected chi connectivity index (χ1v) is 9.51. The molecule has 2 unspecified atom stereocenters. The van der Waals surface area contributed by atoms with Gasteiger partial charge in [-0.2, -0.15) is 0 Å². The summed E-state index contributed by atoms with van der Waals surface area (Å²) in [6, 6.07) is 6.48. The third-order valence-corrected chi connectivity index (χ3v) is 4.99. The van der Waals surface area contributed by atoms with Crippen LogP contribution in [0.4, 0.5) is 10.5 Å². The van der Waals surface area contributed by atoms with Gasteiger partial charge in [-0.05, 0) is 73.7 Å². The van der Waals surface area contributed by atoms with Crippen molar-refractivity contribution in [1.29, 1.82) is 0 Å². The highest BCUT2D eigenvalue weighted by Crippen LogP contribution is 2.32. The summed E-state index contributed by atoms with van der Waals surface area (Å²) in [4.78, 5) is 11.8. The van der Waals surface area contributed by atoms with Crippen LogP contribution >= 0.6 is 31.9 Å². The summed E-state index contributed by atoms with van der Waals surface area (Å²) in [7, 11) is 0. The van der Waals surface area contributed by atoms with Crippen LogP contribution in [0.15, 0.2) is 27.1 Å². The van der Waals surface area contributed by atoms with Crippen molar-refractivity contribution in [3.63, 3.8) is 0 Å². The zero-order valence-electron chi connectivity index (χ0n) is 13.8. The molecule has 1 aromatic carbocycles. The first-order chi connectivity index (χ1) is 10.7. The highest BCUT2D eigenvalue weighted by Gasteiger charge is 2.28. The van der Waals surface area contributed by atoms with Crippen molar-refractivity contribution in [3.05, 3.63) is 27.1 Å². The van der Waals surface area contributed by atoms with E-state index in [0.29, 0.717) is 18.5 Å². The Bertz CT molecular complexity index is 558. The van der Waals surface area contributed by atoms with Gasteiger partial charge in [0, 0.05) is 27.2 Å². The van der Waals surface area contributed by atoms with Crippen molar-refractivity contribution >= 4 is 43.6 Å². The molecule has 2 atom stereocenters. The van der Waals surface area contributed by atoms with Crippen LogP contribution in [0.2, 0.25) is 0 Å². The Labute approximate surface area is 155 Å². The van der Waals surface area contributed by atoms with Crippen LogP contribution in [0.1, 0.15) is 40.0 Å². The fourth-order valence-corrected chi connectivity index (χ4v) is 3.97. The number of amides is 1. The zero-order valence-corrected chi connectivity index (χ0v) is 17.0. The number of benzene rings is 1. The molecular formula is C17H24Br2N2O2. The van der Waals surface area contributed by atoms with Gasteiger partial charge >= 0.3 is 6.09 Å². The molecule has 0 spiro atoms. The van der Waals surface area contributed by atoms with Crippen LogP contribution in [0.3, 0.4) is 0 Å². The molecule has 23 heavy (non-hydrogen) atoms. The lowest BCUT2D eigenvalue weighted by Crippen LogP contribution is -2.38. The van der Waals surface area contributed by atoms with Crippen LogP contribution in [0.25, 0.3) is 0 Å². The first kappa shape index (κ1) is 18.6. The second-order valence-electron chi connectivity index (χ2n) is 6.95. The highest BCUT2D eigenvalue weighted by molar-refractivity contribution is 9.11. The molecule has 1 fully saturated rings. The minimum Gasteiger partial charge on any atom is -0.444 e. The Kier molecular flexibility index (Phi) is 6.37. The molecule has 0 aliphatic heterocycles. The van der Waals surface area contributed by atoms with Crippen LogP contribution < -0.4 is 10.6 Å². The largest absolute Gasteiger partial charge is 0.444 e. The van der Waals surface area contributed by atoms with Gasteiger partial charge in [0.15, 0.2) is 0 Å². The number of ether oxygens (including phenoxy) is 1. The van der Waals surface area contributed by atoms with Crippen molar-refractivity contribution in [3.8, 4) is 0 Å². The van der Waals surface area contributed by atoms with Crippen molar-refractivity contribution in [1.82, 2.24) is 5.32 Å². The summed E-state index contributed by atoms with van der Waals surface area (Å²) < 4.78 is 7.39. The number of hydrogen-bond donors (Lipinski definition) is 2. The van der Waals surface area contributed by atoms with Crippen molar-refractivity contribution in [2.24, 2.45) is 5.92 Å². The number of nitrogens with one attached hydrogen (secondary N) is 2. The predicted octanol–water partition coefficient (Wildman–Crippen LogP) is 5.32. The molecule has 1 amide bonds. The average Bonchev–Trinajstić information content (AvgIpc) is 2.85. The molecule has 128 valence electrons. The first-order valence-electron chi connectivity index (χ1n) is 7.93. The SMILES string of the molecule is CC(C)(C)OC(=O)NCC1CCCC1Nc1ccc(Br)cc1Br. The third-order valence-electron chi connectivity index (χ3n) is 3.84. The van der Waals surface area contributed by atoms with E-state index < -0.39 is 5.60 Å². The third kappa shape index (κ3) is 5.99. The van der Waals surface area contributed by atoms with Gasteiger partial charge in [0.25, 0.3) is 0 Å². The number of anilines is 1. The molecule has 1 aromatic rings. The Hall–Kier alpha value is -0.750. The average molecular weight is 448 g/mol. The minimum absolute atomic E-state index is 0.340. The van der Waals surface area contributed by atoms with Crippen LogP contribution in [-0.2, 0) is 4.74 Å². The predicted molar refractivity (Wildman–Crippen MR) is 101 cm³/mol. The number of carbonyl (C=O) groups is 1. The summed E-state index contributed by atoms with van der Waals surface area (Å²) in [6.07, 6.45) is 3.06. The van der Waals surface area contributed by atoms with Gasteiger partial charge < -0.3 is 15.4 Å². The van der Waals surface area contributed by atoms with Crippen molar-refractivity contribution < 1.29 is 9.53 Å². The van der Waals surface area contributed by atoms with E-state index in [1.54, 1.807) is 0 Å². The highest BCUT2D eigenvalue weighted by atomic mass is 79.9. The molecule has 0 radical (unpaired) electrons. The summed E-state index contributed by atoms with van der Waals surface area (Å²) in [5.41, 5.74) is 0.627. The van der Waals surface area contributed by atoms with Gasteiger partial charge in [0.2, 0.25) is 0 Å². The molecule has 0 heterocycles. The van der Waals surface area contributed by atoms with E-state index >= 15 is 0 Å². The van der Waals surface area contributed by atoms with E-state index in [0.717, 1.165) is 27.5 Å². The monoisotopic (exact) mass is 446 g/mol. The standard InChI is InChI=1S/C17H24Br2N2O2/c1-17(2,3)23-16(22)20-10-11-5-4-6-14(11)21-15-8-7-12(18)9-13(15)19/h7-9,11,14,21H,4-6,10H2,1-3H3,(H,20,22). The van der Waals surface area contributed by atoms with E-state index in [1.165, 1.54) is 6.42 Å². The van der Waals surface area contributed by atoms with Crippen LogP contribution in [-0.4, -0.2) is 24.3 Å². The maximum atomic E-state index is 11.8. The fraction of sp³-hybridized carbons (Fsp3) is 0.588. The molecule has 1 aliphatic rings. The molecular weight excluding hydrogens is 424 g/mol. The second kappa shape index (κ2) is 7.88. The Morgan fingerprint density at radius 3 is 2.70 bits per heavy atom. The Morgan fingerprint density at radius 2 is 2.04 bits per heavy atom. The number of alkyl carbamates (subject to hydrolysis) is 1. The minimum atomic E-state index is -0.459. The van der Waals surface area contributed by atoms with Crippen LogP contribution in [0.5, 0.6) is 0 Å². The Balaban J connectivity index is 1.89. The summed E-state index contributed by atoms with van der Waals surface area (Å²) in [6.45, 7) is 6.26. The smallest absolute Gasteiger partial charge is 0.407 e. The molecule has 2 rings (SSSR count). The van der Waals surface area contributed by atoms with Crippen LogP contribution in [0, 0.1) is 5.92 Å². The van der Waals surface area contributed by atoms with E-state index in [4.69, 9.17) is 4.74 Å². The molecule has 0 saturated heterocycles. The van der Waals surface area contributed by atoms with Gasteiger partial charge in [-0.1, -0.05) is 22.4 Å². The number of hydrogen-bond acceptors (Lipinski definition) is 3. The normalized spacial score (nSPS) is 21.1. The molecule has 0 bridgehead atoms. The number of carbonyl (C=O) groups excluding carboxylic acids is 1. The van der Waals surface area contributed by atoms with Gasteiger partial charge in [0.05, 0.1) is 0 Å². The zero-order chi connectivity index (χ0) is 17.0. The van der Waals surface area contributed by atoms with Crippen molar-refractivity contribution in [2.45, 2.75) is 51.7 Å². The number of halogens is 2. The molecule has 6 heteroatoms. The lowest BCUT2D eigenvalue weighted by molar-refractivity contribution is 0.0519. The molecule has 2 N–H and O–H groups in total. The van der Waals surface area contributed by atoms with E-state index in [2.05, 4.69) is 48.6 Å². The molecule has 0 aromatic heterocycles. The molecule has 1 saturated carbocycles. The lowest BCUT2D eigenvalue weighted by atomic mass is 10.0. The second-order valence-corrected chi connectivity index (χ2v) is 8.72. The maximum Gasteiger partial charge on any atom is 0.407 e. The van der Waals surface area contributed by atoms with Gasteiger partial charge in [-0.15, -0.1) is 0 Å². The number of rotatable bonds is 4. The van der Waals surface area contributed by atoms with Crippen molar-refractivity contribution in [2.75, 3.05) is 11.9 Å². The summed E-state index contributed by atoms with van der Waals surface area (Å²) >= 11 is 7.05. The maximum absolute atomic E-state index is 11.8. The summed E-state index contributed by atoms with van der Waals surface area (Å²) in [5.74, 6) is 0.415. The topological polar surface area (TPSA) is 50.4 Å². The quantitative estimate of drug-likeness (QED) is 0.656. The Morgan fingerprint density at radius 1 is 1.30 bits per heavy atom. The van der Waals surface area contributed by atoms with Gasteiger partial charge in [0.1, 0.15) is 5.60 Å². The summed E-state index contributed by atoms with van der Waals surface area (Å²) in [5, 5.41) is 6.50. The van der Waals surface area contributed by atoms with E-state index in [9.17, 15) is 4.79 Å². The molecule has 1 aliphatic carbocycles. The van der Waals surface area contributed by atoms with Gasteiger partial charge in [-0.3, -0.25) is 0 Å². The molecule has 4 nitrogen and oxygen atoms in total. The van der Waals surface area contributed by atoms with E-state index in [-0.39, 0.29) is 6.09 Å². The lowest BCUT2D eigenvalue weighted by Gasteiger charge is -2.24. The van der Waals surface area contributed by atoms with Gasteiger partial charge in [-0.25, -0.2) is 4.79 Å². The van der Waals surface area contributed by atoms with E-state index in [1.807, 2.05) is 32.9 Å². The fourth-order valence-electron chi connectivity index (χ4n) is 2.81.